The van der Waals surface area contributed by atoms with Crippen molar-refractivity contribution in [1.82, 2.24) is 14.5 Å². The standard InChI is InChI=1S/C22H23N3O4S/c1-29-17-4-2-15(3-5-17)20(27)16-6-10-24(11-7-16)19(26)8-12-25-14-23-21-18(22(25)28)9-13-30-21/h2-5,9,13-14,16H,6-8,10-12H2,1H3. The van der Waals surface area contributed by atoms with Crippen molar-refractivity contribution >= 4 is 33.2 Å². The molecule has 0 N–H and O–H groups in total. The van der Waals surface area contributed by atoms with Crippen LogP contribution in [0.15, 0.2) is 46.8 Å². The van der Waals surface area contributed by atoms with E-state index in [1.54, 1.807) is 42.3 Å². The van der Waals surface area contributed by atoms with Gasteiger partial charge in [-0.3, -0.25) is 19.0 Å². The molecule has 156 valence electrons. The van der Waals surface area contributed by atoms with Gasteiger partial charge in [0.2, 0.25) is 5.91 Å². The molecule has 1 saturated heterocycles. The Balaban J connectivity index is 1.31. The molecule has 0 unspecified atom stereocenters. The highest BCUT2D eigenvalue weighted by Gasteiger charge is 2.27. The van der Waals surface area contributed by atoms with Crippen molar-refractivity contribution in [3.05, 3.63) is 58.0 Å². The largest absolute Gasteiger partial charge is 0.497 e. The number of fused-ring (bicyclic) bond motifs is 1. The molecule has 0 atom stereocenters. The number of carbonyl (C=O) groups excluding carboxylic acids is 2. The number of likely N-dealkylation sites (tertiary alicyclic amines) is 1. The molecule has 30 heavy (non-hydrogen) atoms. The zero-order valence-electron chi connectivity index (χ0n) is 16.7. The van der Waals surface area contributed by atoms with Gasteiger partial charge in [-0.15, -0.1) is 11.3 Å². The molecule has 1 aliphatic rings. The molecule has 1 fully saturated rings. The van der Waals surface area contributed by atoms with Crippen LogP contribution < -0.4 is 10.3 Å². The molecule has 0 aliphatic carbocycles. The summed E-state index contributed by atoms with van der Waals surface area (Å²) in [6.45, 7) is 1.42. The molecule has 0 saturated carbocycles. The Kier molecular flexibility index (Phi) is 5.94. The van der Waals surface area contributed by atoms with E-state index in [4.69, 9.17) is 4.74 Å². The molecular weight excluding hydrogens is 402 g/mol. The molecule has 1 aromatic carbocycles. The lowest BCUT2D eigenvalue weighted by atomic mass is 9.89. The number of hydrogen-bond acceptors (Lipinski definition) is 6. The van der Waals surface area contributed by atoms with Gasteiger partial charge in [-0.25, -0.2) is 4.98 Å². The molecule has 3 heterocycles. The highest BCUT2D eigenvalue weighted by molar-refractivity contribution is 7.16. The first-order chi connectivity index (χ1) is 14.6. The molecule has 4 rings (SSSR count). The molecule has 0 spiro atoms. The van der Waals surface area contributed by atoms with Crippen molar-refractivity contribution in [1.29, 1.82) is 0 Å². The van der Waals surface area contributed by atoms with Crippen LogP contribution >= 0.6 is 11.3 Å². The Morgan fingerprint density at radius 2 is 1.90 bits per heavy atom. The monoisotopic (exact) mass is 425 g/mol. The van der Waals surface area contributed by atoms with E-state index < -0.39 is 0 Å². The number of ether oxygens (including phenoxy) is 1. The van der Waals surface area contributed by atoms with Crippen molar-refractivity contribution in [3.8, 4) is 5.75 Å². The SMILES string of the molecule is COc1ccc(C(=O)C2CCN(C(=O)CCn3cnc4sccc4c3=O)CC2)cc1. The Morgan fingerprint density at radius 1 is 1.17 bits per heavy atom. The molecular formula is C22H23N3O4S. The maximum Gasteiger partial charge on any atom is 0.262 e. The van der Waals surface area contributed by atoms with E-state index in [9.17, 15) is 14.4 Å². The summed E-state index contributed by atoms with van der Waals surface area (Å²) in [6, 6.07) is 8.91. The van der Waals surface area contributed by atoms with Crippen molar-refractivity contribution in [3.63, 3.8) is 0 Å². The van der Waals surface area contributed by atoms with Gasteiger partial charge in [0.1, 0.15) is 10.6 Å². The van der Waals surface area contributed by atoms with E-state index in [0.29, 0.717) is 48.3 Å². The number of benzene rings is 1. The topological polar surface area (TPSA) is 81.5 Å². The van der Waals surface area contributed by atoms with E-state index in [1.165, 1.54) is 22.2 Å². The van der Waals surface area contributed by atoms with Crippen LogP contribution in [-0.4, -0.2) is 46.3 Å². The predicted molar refractivity (Wildman–Crippen MR) is 115 cm³/mol. The summed E-state index contributed by atoms with van der Waals surface area (Å²) in [5.41, 5.74) is 0.564. The maximum atomic E-state index is 12.7. The average Bonchev–Trinajstić information content (AvgIpc) is 3.28. The number of carbonyl (C=O) groups is 2. The van der Waals surface area contributed by atoms with Gasteiger partial charge in [-0.2, -0.15) is 0 Å². The van der Waals surface area contributed by atoms with Gasteiger partial charge < -0.3 is 9.64 Å². The fourth-order valence-corrected chi connectivity index (χ4v) is 4.53. The quantitative estimate of drug-likeness (QED) is 0.567. The number of aromatic nitrogens is 2. The van der Waals surface area contributed by atoms with Crippen molar-refractivity contribution < 1.29 is 14.3 Å². The number of ketones is 1. The van der Waals surface area contributed by atoms with Crippen LogP contribution in [0.1, 0.15) is 29.6 Å². The lowest BCUT2D eigenvalue weighted by molar-refractivity contribution is -0.132. The van der Waals surface area contributed by atoms with Crippen LogP contribution in [0.5, 0.6) is 5.75 Å². The Bertz CT molecular complexity index is 1110. The highest BCUT2D eigenvalue weighted by atomic mass is 32.1. The van der Waals surface area contributed by atoms with Gasteiger partial charge in [0, 0.05) is 37.5 Å². The van der Waals surface area contributed by atoms with Gasteiger partial charge in [0.15, 0.2) is 5.78 Å². The van der Waals surface area contributed by atoms with Crippen LogP contribution in [0.2, 0.25) is 0 Å². The zero-order valence-corrected chi connectivity index (χ0v) is 17.6. The Morgan fingerprint density at radius 3 is 2.60 bits per heavy atom. The van der Waals surface area contributed by atoms with Crippen LogP contribution in [-0.2, 0) is 11.3 Å². The summed E-state index contributed by atoms with van der Waals surface area (Å²) in [5.74, 6) is 0.767. The van der Waals surface area contributed by atoms with Gasteiger partial charge in [0.25, 0.3) is 5.56 Å². The molecule has 7 nitrogen and oxygen atoms in total. The Hall–Kier alpha value is -3.00. The first-order valence-corrected chi connectivity index (χ1v) is 10.8. The average molecular weight is 426 g/mol. The minimum Gasteiger partial charge on any atom is -0.497 e. The second kappa shape index (κ2) is 8.79. The van der Waals surface area contributed by atoms with E-state index >= 15 is 0 Å². The summed E-state index contributed by atoms with van der Waals surface area (Å²) in [7, 11) is 1.59. The minimum absolute atomic E-state index is 0.00246. The second-order valence-corrected chi connectivity index (χ2v) is 8.27. The number of rotatable bonds is 6. The predicted octanol–water partition coefficient (Wildman–Crippen LogP) is 2.98. The van der Waals surface area contributed by atoms with E-state index in [1.807, 2.05) is 5.38 Å². The number of amides is 1. The summed E-state index contributed by atoms with van der Waals surface area (Å²) >= 11 is 1.43. The third kappa shape index (κ3) is 4.14. The maximum absolute atomic E-state index is 12.7. The van der Waals surface area contributed by atoms with E-state index in [2.05, 4.69) is 4.98 Å². The zero-order chi connectivity index (χ0) is 21.1. The molecule has 0 radical (unpaired) electrons. The Labute approximate surface area is 177 Å². The van der Waals surface area contributed by atoms with Gasteiger partial charge >= 0.3 is 0 Å². The van der Waals surface area contributed by atoms with Crippen LogP contribution in [0, 0.1) is 5.92 Å². The molecule has 1 amide bonds. The molecule has 3 aromatic rings. The summed E-state index contributed by atoms with van der Waals surface area (Å²) in [6.07, 6.45) is 3.06. The number of nitrogens with zero attached hydrogens (tertiary/aromatic N) is 3. The number of piperidine rings is 1. The smallest absolute Gasteiger partial charge is 0.262 e. The van der Waals surface area contributed by atoms with Crippen molar-refractivity contribution in [2.24, 2.45) is 5.92 Å². The highest BCUT2D eigenvalue weighted by Crippen LogP contribution is 2.23. The van der Waals surface area contributed by atoms with Crippen molar-refractivity contribution in [2.75, 3.05) is 20.2 Å². The van der Waals surface area contributed by atoms with Crippen LogP contribution in [0.25, 0.3) is 10.2 Å². The molecule has 8 heteroatoms. The third-order valence-electron chi connectivity index (χ3n) is 5.61. The van der Waals surface area contributed by atoms with E-state index in [0.717, 1.165) is 5.75 Å². The third-order valence-corrected chi connectivity index (χ3v) is 6.43. The molecule has 2 aromatic heterocycles. The molecule has 1 aliphatic heterocycles. The van der Waals surface area contributed by atoms with Crippen molar-refractivity contribution in [2.45, 2.75) is 25.8 Å². The van der Waals surface area contributed by atoms with Gasteiger partial charge in [0.05, 0.1) is 18.8 Å². The second-order valence-electron chi connectivity index (χ2n) is 7.38. The lowest BCUT2D eigenvalue weighted by Crippen LogP contribution is -2.40. The van der Waals surface area contributed by atoms with Crippen LogP contribution in [0.3, 0.4) is 0 Å². The van der Waals surface area contributed by atoms with Crippen LogP contribution in [0.4, 0.5) is 0 Å². The van der Waals surface area contributed by atoms with Gasteiger partial charge in [-0.05, 0) is 48.6 Å². The summed E-state index contributed by atoms with van der Waals surface area (Å²) in [4.78, 5) is 44.5. The summed E-state index contributed by atoms with van der Waals surface area (Å²) in [5, 5.41) is 2.43. The minimum atomic E-state index is -0.113. The summed E-state index contributed by atoms with van der Waals surface area (Å²) < 4.78 is 6.63. The number of aryl methyl sites for hydroxylation is 1. The first kappa shape index (κ1) is 20.3. The van der Waals surface area contributed by atoms with Gasteiger partial charge in [-0.1, -0.05) is 0 Å². The number of Topliss-reactive ketones (excluding diaryl/α,β-unsaturated/α-hetero) is 1. The molecule has 0 bridgehead atoms. The van der Waals surface area contributed by atoms with E-state index in [-0.39, 0.29) is 29.6 Å². The number of thiophene rings is 1. The number of hydrogen-bond donors (Lipinski definition) is 0. The number of methoxy groups -OCH3 is 1. The fraction of sp³-hybridized carbons (Fsp3) is 0.364. The lowest BCUT2D eigenvalue weighted by Gasteiger charge is -2.31. The fourth-order valence-electron chi connectivity index (χ4n) is 3.81. The first-order valence-electron chi connectivity index (χ1n) is 9.95. The normalized spacial score (nSPS) is 14.8.